The van der Waals surface area contributed by atoms with Gasteiger partial charge in [0.05, 0.1) is 5.02 Å². The fourth-order valence-corrected chi connectivity index (χ4v) is 1.35. The van der Waals surface area contributed by atoms with E-state index in [1.807, 2.05) is 18.2 Å². The van der Waals surface area contributed by atoms with Crippen molar-refractivity contribution in [1.29, 1.82) is 5.26 Å². The smallest absolute Gasteiger partial charge is 0.174 e. The zero-order valence-electron chi connectivity index (χ0n) is 8.25. The molecule has 0 bridgehead atoms. The first-order valence-corrected chi connectivity index (χ1v) is 4.82. The van der Waals surface area contributed by atoms with Crippen molar-refractivity contribution >= 4 is 11.6 Å². The topological polar surface area (TPSA) is 33.0 Å². The van der Waals surface area contributed by atoms with Crippen LogP contribution in [-0.4, -0.2) is 6.61 Å². The molecule has 1 aromatic rings. The number of ether oxygens (including phenoxy) is 1. The number of nitriles is 1. The van der Waals surface area contributed by atoms with Gasteiger partial charge in [-0.25, -0.2) is 0 Å². The van der Waals surface area contributed by atoms with Gasteiger partial charge in [0.25, 0.3) is 0 Å². The van der Waals surface area contributed by atoms with Gasteiger partial charge >= 0.3 is 0 Å². The third kappa shape index (κ3) is 2.65. The predicted octanol–water partition coefficient (Wildman–Crippen LogP) is 3.37. The lowest BCUT2D eigenvalue weighted by Gasteiger charge is -2.08. The van der Waals surface area contributed by atoms with E-state index in [1.54, 1.807) is 6.07 Å². The molecule has 0 spiro atoms. The average Bonchev–Trinajstić information content (AvgIpc) is 2.15. The first-order valence-electron chi connectivity index (χ1n) is 4.44. The van der Waals surface area contributed by atoms with Crippen LogP contribution in [0.3, 0.4) is 0 Å². The van der Waals surface area contributed by atoms with E-state index >= 15 is 0 Å². The van der Waals surface area contributed by atoms with Gasteiger partial charge in [-0.3, -0.25) is 0 Å². The molecular weight excluding hydrogens is 198 g/mol. The molecule has 0 aliphatic carbocycles. The molecule has 0 heterocycles. The molecule has 74 valence electrons. The van der Waals surface area contributed by atoms with Crippen molar-refractivity contribution in [2.45, 2.75) is 19.8 Å². The summed E-state index contributed by atoms with van der Waals surface area (Å²) in [7, 11) is 0. The van der Waals surface area contributed by atoms with E-state index in [4.69, 9.17) is 21.6 Å². The van der Waals surface area contributed by atoms with Gasteiger partial charge in [-0.2, -0.15) is 5.26 Å². The van der Waals surface area contributed by atoms with Crippen molar-refractivity contribution in [1.82, 2.24) is 0 Å². The Morgan fingerprint density at radius 1 is 1.50 bits per heavy atom. The van der Waals surface area contributed by atoms with Gasteiger partial charge in [0.2, 0.25) is 0 Å². The summed E-state index contributed by atoms with van der Waals surface area (Å²) in [5.74, 6) is 1.01. The Hall–Kier alpha value is -1.20. The van der Waals surface area contributed by atoms with Gasteiger partial charge in [0.15, 0.2) is 6.61 Å². The van der Waals surface area contributed by atoms with E-state index in [0.29, 0.717) is 16.7 Å². The largest absolute Gasteiger partial charge is 0.477 e. The SMILES string of the molecule is CC(C)c1ccc(OCC#N)c(Cl)c1. The molecule has 0 aromatic heterocycles. The Kier molecular flexibility index (Phi) is 3.79. The highest BCUT2D eigenvalue weighted by Gasteiger charge is 2.05. The molecule has 0 saturated carbocycles. The number of hydrogen-bond acceptors (Lipinski definition) is 2. The average molecular weight is 210 g/mol. The summed E-state index contributed by atoms with van der Waals surface area (Å²) >= 11 is 5.97. The minimum absolute atomic E-state index is 0.0285. The molecule has 2 nitrogen and oxygen atoms in total. The Morgan fingerprint density at radius 3 is 2.71 bits per heavy atom. The standard InChI is InChI=1S/C11H12ClNO/c1-8(2)9-3-4-11(10(12)7-9)14-6-5-13/h3-4,7-8H,6H2,1-2H3. The molecule has 0 N–H and O–H groups in total. The van der Waals surface area contributed by atoms with Gasteiger partial charge in [-0.15, -0.1) is 0 Å². The van der Waals surface area contributed by atoms with Crippen LogP contribution in [0.15, 0.2) is 18.2 Å². The molecular formula is C11H12ClNO. The lowest BCUT2D eigenvalue weighted by Crippen LogP contribution is -1.95. The molecule has 0 unspecified atom stereocenters. The van der Waals surface area contributed by atoms with Crippen molar-refractivity contribution in [2.75, 3.05) is 6.61 Å². The van der Waals surface area contributed by atoms with Crippen LogP contribution in [0.5, 0.6) is 5.75 Å². The molecule has 0 aliphatic rings. The van der Waals surface area contributed by atoms with Crippen LogP contribution in [-0.2, 0) is 0 Å². The maximum Gasteiger partial charge on any atom is 0.174 e. The summed E-state index contributed by atoms with van der Waals surface area (Å²) < 4.78 is 5.13. The number of rotatable bonds is 3. The number of halogens is 1. The molecule has 1 rings (SSSR count). The Morgan fingerprint density at radius 2 is 2.21 bits per heavy atom. The van der Waals surface area contributed by atoms with Crippen LogP contribution in [0.4, 0.5) is 0 Å². The predicted molar refractivity (Wildman–Crippen MR) is 56.6 cm³/mol. The molecule has 0 amide bonds. The second kappa shape index (κ2) is 4.88. The third-order valence-electron chi connectivity index (χ3n) is 1.91. The second-order valence-electron chi connectivity index (χ2n) is 3.29. The van der Waals surface area contributed by atoms with E-state index in [-0.39, 0.29) is 6.61 Å². The molecule has 0 radical (unpaired) electrons. The van der Waals surface area contributed by atoms with E-state index < -0.39 is 0 Å². The van der Waals surface area contributed by atoms with Gasteiger partial charge in [-0.1, -0.05) is 31.5 Å². The van der Waals surface area contributed by atoms with Crippen LogP contribution in [0.2, 0.25) is 5.02 Å². The Labute approximate surface area is 89.1 Å². The van der Waals surface area contributed by atoms with Crippen molar-refractivity contribution in [2.24, 2.45) is 0 Å². The molecule has 3 heteroatoms. The summed E-state index contributed by atoms with van der Waals surface area (Å²) in [5.41, 5.74) is 1.17. The van der Waals surface area contributed by atoms with Crippen LogP contribution in [0, 0.1) is 11.3 Å². The molecule has 0 atom stereocenters. The monoisotopic (exact) mass is 209 g/mol. The zero-order chi connectivity index (χ0) is 10.6. The minimum atomic E-state index is 0.0285. The highest BCUT2D eigenvalue weighted by Crippen LogP contribution is 2.28. The van der Waals surface area contributed by atoms with E-state index in [2.05, 4.69) is 13.8 Å². The van der Waals surface area contributed by atoms with Crippen LogP contribution in [0.1, 0.15) is 25.3 Å². The molecule has 1 aromatic carbocycles. The summed E-state index contributed by atoms with van der Waals surface area (Å²) in [6.45, 7) is 4.23. The maximum atomic E-state index is 8.34. The normalized spacial score (nSPS) is 9.93. The number of benzene rings is 1. The van der Waals surface area contributed by atoms with Crippen LogP contribution >= 0.6 is 11.6 Å². The molecule has 14 heavy (non-hydrogen) atoms. The van der Waals surface area contributed by atoms with Gasteiger partial charge in [0, 0.05) is 0 Å². The van der Waals surface area contributed by atoms with Crippen molar-refractivity contribution < 1.29 is 4.74 Å². The first kappa shape index (κ1) is 10.9. The zero-order valence-corrected chi connectivity index (χ0v) is 9.01. The summed E-state index contributed by atoms with van der Waals surface area (Å²) in [5, 5.41) is 8.90. The summed E-state index contributed by atoms with van der Waals surface area (Å²) in [4.78, 5) is 0. The fraction of sp³-hybridized carbons (Fsp3) is 0.364. The van der Waals surface area contributed by atoms with E-state index in [9.17, 15) is 0 Å². The van der Waals surface area contributed by atoms with Crippen molar-refractivity contribution in [3.63, 3.8) is 0 Å². The minimum Gasteiger partial charge on any atom is -0.477 e. The highest BCUT2D eigenvalue weighted by atomic mass is 35.5. The third-order valence-corrected chi connectivity index (χ3v) is 2.21. The van der Waals surface area contributed by atoms with Crippen LogP contribution < -0.4 is 4.74 Å². The van der Waals surface area contributed by atoms with Gasteiger partial charge in [-0.05, 0) is 23.6 Å². The summed E-state index contributed by atoms with van der Waals surface area (Å²) in [6, 6.07) is 7.54. The molecule has 0 fully saturated rings. The molecule has 0 saturated heterocycles. The lowest BCUT2D eigenvalue weighted by molar-refractivity contribution is 0.368. The maximum absolute atomic E-state index is 8.34. The second-order valence-corrected chi connectivity index (χ2v) is 3.70. The number of hydrogen-bond donors (Lipinski definition) is 0. The van der Waals surface area contributed by atoms with E-state index in [1.165, 1.54) is 5.56 Å². The summed E-state index contributed by atoms with van der Waals surface area (Å²) in [6.07, 6.45) is 0. The quantitative estimate of drug-likeness (QED) is 0.765. The van der Waals surface area contributed by atoms with E-state index in [0.717, 1.165) is 0 Å². The Balaban J connectivity index is 2.85. The number of nitrogens with zero attached hydrogens (tertiary/aromatic N) is 1. The van der Waals surface area contributed by atoms with Crippen molar-refractivity contribution in [3.05, 3.63) is 28.8 Å². The van der Waals surface area contributed by atoms with Crippen LogP contribution in [0.25, 0.3) is 0 Å². The first-order chi connectivity index (χ1) is 6.65. The lowest BCUT2D eigenvalue weighted by atomic mass is 10.0. The highest BCUT2D eigenvalue weighted by molar-refractivity contribution is 6.32. The fourth-order valence-electron chi connectivity index (χ4n) is 1.10. The Bertz CT molecular complexity index is 355. The van der Waals surface area contributed by atoms with Gasteiger partial charge < -0.3 is 4.74 Å². The molecule has 0 aliphatic heterocycles. The van der Waals surface area contributed by atoms with Gasteiger partial charge in [0.1, 0.15) is 11.8 Å². The van der Waals surface area contributed by atoms with Crippen molar-refractivity contribution in [3.8, 4) is 11.8 Å².